The quantitative estimate of drug-likeness (QED) is 0.853. The number of hydrogen-bond acceptors (Lipinski definition) is 3. The van der Waals surface area contributed by atoms with Gasteiger partial charge in [0.15, 0.2) is 0 Å². The minimum atomic E-state index is 0.681. The maximum absolute atomic E-state index is 5.87. The van der Waals surface area contributed by atoms with Gasteiger partial charge >= 0.3 is 0 Å². The monoisotopic (exact) mass is 291 g/mol. The number of rotatable bonds is 3. The van der Waals surface area contributed by atoms with Crippen molar-refractivity contribution in [1.29, 1.82) is 0 Å². The average molecular weight is 292 g/mol. The van der Waals surface area contributed by atoms with Gasteiger partial charge in [-0.1, -0.05) is 18.2 Å². The molecule has 4 heteroatoms. The van der Waals surface area contributed by atoms with E-state index in [2.05, 4.69) is 26.2 Å². The number of hydrogen-bond donors (Lipinski definition) is 2. The average Bonchev–Trinajstić information content (AvgIpc) is 2.32. The van der Waals surface area contributed by atoms with Crippen LogP contribution in [0.1, 0.15) is 11.3 Å². The van der Waals surface area contributed by atoms with Crippen LogP contribution >= 0.6 is 15.9 Å². The molecule has 0 atom stereocenters. The lowest BCUT2D eigenvalue weighted by Gasteiger charge is -2.09. The molecule has 1 aromatic heterocycles. The molecule has 0 spiro atoms. The van der Waals surface area contributed by atoms with E-state index < -0.39 is 0 Å². The highest BCUT2D eigenvalue weighted by Crippen LogP contribution is 2.17. The van der Waals surface area contributed by atoms with E-state index in [4.69, 9.17) is 5.73 Å². The molecule has 0 radical (unpaired) electrons. The van der Waals surface area contributed by atoms with E-state index >= 15 is 0 Å². The molecule has 2 rings (SSSR count). The van der Waals surface area contributed by atoms with Gasteiger partial charge in [-0.2, -0.15) is 0 Å². The molecule has 0 aliphatic rings. The first-order valence-electron chi connectivity index (χ1n) is 5.37. The number of halogens is 1. The highest BCUT2D eigenvalue weighted by molar-refractivity contribution is 9.10. The van der Waals surface area contributed by atoms with Gasteiger partial charge in [0.05, 0.1) is 5.69 Å². The summed E-state index contributed by atoms with van der Waals surface area (Å²) in [7, 11) is 0. The van der Waals surface area contributed by atoms with Crippen molar-refractivity contribution >= 4 is 27.4 Å². The third-order valence-corrected chi connectivity index (χ3v) is 3.37. The van der Waals surface area contributed by atoms with Crippen molar-refractivity contribution in [3.05, 3.63) is 52.1 Å². The maximum Gasteiger partial charge on any atom is 0.126 e. The fraction of sp³-hybridized carbons (Fsp3) is 0.154. The lowest BCUT2D eigenvalue weighted by atomic mass is 10.2. The number of nitrogen functional groups attached to an aromatic ring is 1. The Bertz CT molecular complexity index is 526. The van der Waals surface area contributed by atoms with Crippen LogP contribution in [0.15, 0.2) is 40.9 Å². The lowest BCUT2D eigenvalue weighted by Crippen LogP contribution is -2.04. The summed E-state index contributed by atoms with van der Waals surface area (Å²) in [5, 5.41) is 3.26. The molecule has 88 valence electrons. The van der Waals surface area contributed by atoms with Crippen molar-refractivity contribution in [2.75, 3.05) is 11.1 Å². The van der Waals surface area contributed by atoms with E-state index in [1.165, 1.54) is 0 Å². The molecule has 0 amide bonds. The third-order valence-electron chi connectivity index (χ3n) is 2.54. The molecule has 0 bridgehead atoms. The van der Waals surface area contributed by atoms with Gasteiger partial charge in [-0.15, -0.1) is 0 Å². The maximum atomic E-state index is 5.87. The minimum Gasteiger partial charge on any atom is -0.398 e. The molecule has 0 saturated heterocycles. The number of aromatic nitrogens is 1. The van der Waals surface area contributed by atoms with Gasteiger partial charge in [-0.05, 0) is 46.6 Å². The van der Waals surface area contributed by atoms with Crippen LogP contribution < -0.4 is 11.1 Å². The minimum absolute atomic E-state index is 0.681. The van der Waals surface area contributed by atoms with Gasteiger partial charge < -0.3 is 11.1 Å². The van der Waals surface area contributed by atoms with Crippen LogP contribution in [0.25, 0.3) is 0 Å². The smallest absolute Gasteiger partial charge is 0.126 e. The molecule has 3 N–H and O–H groups in total. The molecule has 0 aliphatic carbocycles. The van der Waals surface area contributed by atoms with Crippen molar-refractivity contribution < 1.29 is 0 Å². The number of aryl methyl sites for hydroxylation is 1. The van der Waals surface area contributed by atoms with Crippen LogP contribution in [0.5, 0.6) is 0 Å². The largest absolute Gasteiger partial charge is 0.398 e. The summed E-state index contributed by atoms with van der Waals surface area (Å²) < 4.78 is 1.02. The number of para-hydroxylation sites is 1. The number of benzene rings is 1. The number of nitrogens with one attached hydrogen (secondary N) is 1. The molecule has 17 heavy (non-hydrogen) atoms. The first-order chi connectivity index (χ1) is 8.16. The van der Waals surface area contributed by atoms with Crippen LogP contribution in [0.4, 0.5) is 11.5 Å². The first kappa shape index (κ1) is 11.9. The first-order valence-corrected chi connectivity index (χ1v) is 6.16. The molecule has 0 aliphatic heterocycles. The second-order valence-corrected chi connectivity index (χ2v) is 4.67. The molecule has 0 unspecified atom stereocenters. The standard InChI is InChI=1S/C13H14BrN3/c1-9-11(14)6-7-13(17-9)16-8-10-4-2-3-5-12(10)15/h2-7H,8,15H2,1H3,(H,16,17). The van der Waals surface area contributed by atoms with E-state index in [1.807, 2.05) is 43.3 Å². The molecular formula is C13H14BrN3. The second kappa shape index (κ2) is 5.19. The zero-order valence-corrected chi connectivity index (χ0v) is 11.2. The Labute approximate surface area is 109 Å². The van der Waals surface area contributed by atoms with E-state index in [9.17, 15) is 0 Å². The number of anilines is 2. The Balaban J connectivity index is 2.08. The molecule has 2 aromatic rings. The zero-order chi connectivity index (χ0) is 12.3. The molecule has 3 nitrogen and oxygen atoms in total. The SMILES string of the molecule is Cc1nc(NCc2ccccc2N)ccc1Br. The number of nitrogens with two attached hydrogens (primary N) is 1. The summed E-state index contributed by atoms with van der Waals surface area (Å²) in [6.45, 7) is 2.65. The zero-order valence-electron chi connectivity index (χ0n) is 9.57. The molecule has 1 aromatic carbocycles. The van der Waals surface area contributed by atoms with Gasteiger partial charge in [0, 0.05) is 16.7 Å². The second-order valence-electron chi connectivity index (χ2n) is 3.82. The fourth-order valence-corrected chi connectivity index (χ4v) is 1.74. The summed E-state index contributed by atoms with van der Waals surface area (Å²) in [5.74, 6) is 0.856. The van der Waals surface area contributed by atoms with Crippen molar-refractivity contribution in [3.8, 4) is 0 Å². The van der Waals surface area contributed by atoms with Crippen LogP contribution in [0.3, 0.4) is 0 Å². The van der Waals surface area contributed by atoms with Gasteiger partial charge in [0.2, 0.25) is 0 Å². The lowest BCUT2D eigenvalue weighted by molar-refractivity contribution is 1.09. The topological polar surface area (TPSA) is 50.9 Å². The predicted octanol–water partition coefficient (Wildman–Crippen LogP) is 3.35. The Hall–Kier alpha value is -1.55. The Kier molecular flexibility index (Phi) is 3.64. The predicted molar refractivity (Wildman–Crippen MR) is 74.9 cm³/mol. The van der Waals surface area contributed by atoms with Gasteiger partial charge in [-0.3, -0.25) is 0 Å². The van der Waals surface area contributed by atoms with Gasteiger partial charge in [0.25, 0.3) is 0 Å². The van der Waals surface area contributed by atoms with Crippen LogP contribution in [0, 0.1) is 6.92 Å². The molecular weight excluding hydrogens is 278 g/mol. The van der Waals surface area contributed by atoms with Crippen LogP contribution in [0.2, 0.25) is 0 Å². The Morgan fingerprint density at radius 1 is 1.24 bits per heavy atom. The summed E-state index contributed by atoms with van der Waals surface area (Å²) in [6.07, 6.45) is 0. The summed E-state index contributed by atoms with van der Waals surface area (Å²) in [4.78, 5) is 4.42. The Morgan fingerprint density at radius 3 is 2.71 bits per heavy atom. The molecule has 1 heterocycles. The van der Waals surface area contributed by atoms with E-state index in [-0.39, 0.29) is 0 Å². The van der Waals surface area contributed by atoms with E-state index in [0.29, 0.717) is 6.54 Å². The van der Waals surface area contributed by atoms with Crippen LogP contribution in [-0.4, -0.2) is 4.98 Å². The van der Waals surface area contributed by atoms with E-state index in [1.54, 1.807) is 0 Å². The van der Waals surface area contributed by atoms with Crippen molar-refractivity contribution in [2.45, 2.75) is 13.5 Å². The third kappa shape index (κ3) is 2.97. The summed E-state index contributed by atoms with van der Waals surface area (Å²) in [5.41, 5.74) is 8.72. The van der Waals surface area contributed by atoms with E-state index in [0.717, 1.165) is 27.2 Å². The van der Waals surface area contributed by atoms with Crippen molar-refractivity contribution in [3.63, 3.8) is 0 Å². The Morgan fingerprint density at radius 2 is 2.00 bits per heavy atom. The van der Waals surface area contributed by atoms with Crippen molar-refractivity contribution in [1.82, 2.24) is 4.98 Å². The highest BCUT2D eigenvalue weighted by Gasteiger charge is 2.00. The molecule has 0 fully saturated rings. The van der Waals surface area contributed by atoms with Gasteiger partial charge in [-0.25, -0.2) is 4.98 Å². The summed E-state index contributed by atoms with van der Waals surface area (Å²) in [6, 6.07) is 11.7. The van der Waals surface area contributed by atoms with Crippen LogP contribution in [-0.2, 0) is 6.54 Å². The fourth-order valence-electron chi connectivity index (χ4n) is 1.52. The number of nitrogens with zero attached hydrogens (tertiary/aromatic N) is 1. The number of pyridine rings is 1. The molecule has 0 saturated carbocycles. The summed E-state index contributed by atoms with van der Waals surface area (Å²) >= 11 is 3.43. The normalized spacial score (nSPS) is 10.2. The highest BCUT2D eigenvalue weighted by atomic mass is 79.9. The van der Waals surface area contributed by atoms with Gasteiger partial charge in [0.1, 0.15) is 5.82 Å². The van der Waals surface area contributed by atoms with Crippen molar-refractivity contribution in [2.24, 2.45) is 0 Å².